The van der Waals surface area contributed by atoms with E-state index in [2.05, 4.69) is 30.7 Å². The second kappa shape index (κ2) is 8.60. The van der Waals surface area contributed by atoms with E-state index in [0.717, 1.165) is 64.6 Å². The summed E-state index contributed by atoms with van der Waals surface area (Å²) in [6.07, 6.45) is 6.11. The maximum Gasteiger partial charge on any atom is 0.158 e. The first kappa shape index (κ1) is 20.4. The van der Waals surface area contributed by atoms with E-state index in [9.17, 15) is 0 Å². The Labute approximate surface area is 195 Å². The van der Waals surface area contributed by atoms with Crippen molar-refractivity contribution in [3.8, 4) is 17.2 Å². The monoisotopic (exact) mass is 453 g/mol. The van der Waals surface area contributed by atoms with Crippen LogP contribution in [0.15, 0.2) is 67.4 Å². The van der Waals surface area contributed by atoms with Crippen LogP contribution >= 0.6 is 0 Å². The molecule has 1 atom stereocenters. The van der Waals surface area contributed by atoms with Crippen molar-refractivity contribution in [1.29, 1.82) is 0 Å². The number of nitrogens with one attached hydrogen (secondary N) is 2. The van der Waals surface area contributed by atoms with Crippen molar-refractivity contribution in [3.63, 3.8) is 0 Å². The summed E-state index contributed by atoms with van der Waals surface area (Å²) in [5.41, 5.74) is 3.48. The Balaban J connectivity index is 1.23. The average Bonchev–Trinajstić information content (AvgIpc) is 3.53. The first-order valence-electron chi connectivity index (χ1n) is 11.2. The molecular weight excluding hydrogens is 430 g/mol. The molecule has 0 saturated carbocycles. The van der Waals surface area contributed by atoms with E-state index in [1.54, 1.807) is 10.8 Å². The first-order valence-corrected chi connectivity index (χ1v) is 11.2. The topological polar surface area (TPSA) is 98.5 Å². The summed E-state index contributed by atoms with van der Waals surface area (Å²) in [6, 6.07) is 15.6. The fraction of sp³-hybridized carbons (Fsp3) is 0.200. The zero-order valence-electron chi connectivity index (χ0n) is 18.6. The van der Waals surface area contributed by atoms with Gasteiger partial charge in [-0.25, -0.2) is 19.5 Å². The van der Waals surface area contributed by atoms with E-state index in [-0.39, 0.29) is 6.10 Å². The molecule has 1 aliphatic rings. The number of ether oxygens (including phenoxy) is 2. The molecule has 2 aromatic carbocycles. The zero-order chi connectivity index (χ0) is 22.9. The Kier molecular flexibility index (Phi) is 5.15. The molecular formula is C25H23N7O2. The van der Waals surface area contributed by atoms with Crippen LogP contribution in [0.3, 0.4) is 0 Å². The van der Waals surface area contributed by atoms with E-state index in [4.69, 9.17) is 9.47 Å². The highest BCUT2D eigenvalue weighted by Gasteiger charge is 2.16. The highest BCUT2D eigenvalue weighted by molar-refractivity contribution is 5.91. The summed E-state index contributed by atoms with van der Waals surface area (Å²) < 4.78 is 13.9. The molecule has 1 fully saturated rings. The number of aromatic nitrogens is 5. The molecule has 0 amide bonds. The third-order valence-corrected chi connectivity index (χ3v) is 5.84. The van der Waals surface area contributed by atoms with Gasteiger partial charge in [-0.3, -0.25) is 0 Å². The van der Waals surface area contributed by atoms with Crippen molar-refractivity contribution in [2.75, 3.05) is 18.4 Å². The molecule has 1 saturated heterocycles. The largest absolute Gasteiger partial charge is 0.489 e. The van der Waals surface area contributed by atoms with Crippen LogP contribution in [0.5, 0.6) is 17.2 Å². The number of hydrogen-bond donors (Lipinski definition) is 2. The van der Waals surface area contributed by atoms with Crippen LogP contribution in [-0.2, 0) is 0 Å². The Morgan fingerprint density at radius 1 is 1.00 bits per heavy atom. The van der Waals surface area contributed by atoms with Gasteiger partial charge in [-0.05, 0) is 67.9 Å². The van der Waals surface area contributed by atoms with E-state index >= 15 is 0 Å². The predicted octanol–water partition coefficient (Wildman–Crippen LogP) is 4.26. The summed E-state index contributed by atoms with van der Waals surface area (Å²) in [5.74, 6) is 3.02. The summed E-state index contributed by atoms with van der Waals surface area (Å²) in [4.78, 5) is 13.1. The minimum absolute atomic E-state index is 0.194. The Bertz CT molecular complexity index is 1480. The van der Waals surface area contributed by atoms with Gasteiger partial charge in [0.25, 0.3) is 0 Å². The van der Waals surface area contributed by atoms with Gasteiger partial charge in [-0.2, -0.15) is 5.10 Å². The molecule has 9 nitrogen and oxygen atoms in total. The highest BCUT2D eigenvalue weighted by Crippen LogP contribution is 2.31. The van der Waals surface area contributed by atoms with Gasteiger partial charge in [0.1, 0.15) is 41.8 Å². The van der Waals surface area contributed by atoms with Crippen molar-refractivity contribution in [3.05, 3.63) is 72.9 Å². The van der Waals surface area contributed by atoms with Crippen LogP contribution in [0.25, 0.3) is 16.6 Å². The molecule has 2 N–H and O–H groups in total. The standard InChI is InChI=1S/C25H23N7O2/c1-16-10-17(2-5-23(16)34-19-7-9-32-24(12-19)28-15-30-32)31-25-21-11-18(33-20-6-8-26-13-20)3-4-22(21)27-14-29-25/h2-5,7,9-12,14-15,20,26H,6,8,13H2,1H3,(H,27,29,31). The summed E-state index contributed by atoms with van der Waals surface area (Å²) in [7, 11) is 0. The first-order chi connectivity index (χ1) is 16.7. The smallest absolute Gasteiger partial charge is 0.158 e. The second-order valence-corrected chi connectivity index (χ2v) is 8.27. The molecule has 4 heterocycles. The number of fused-ring (bicyclic) bond motifs is 2. The molecule has 170 valence electrons. The lowest BCUT2D eigenvalue weighted by atomic mass is 10.2. The van der Waals surface area contributed by atoms with Crippen LogP contribution in [0, 0.1) is 6.92 Å². The fourth-order valence-electron chi connectivity index (χ4n) is 4.10. The molecule has 1 unspecified atom stereocenters. The number of aryl methyl sites for hydroxylation is 1. The van der Waals surface area contributed by atoms with Crippen LogP contribution in [0.1, 0.15) is 12.0 Å². The van der Waals surface area contributed by atoms with E-state index < -0.39 is 0 Å². The molecule has 3 aromatic heterocycles. The van der Waals surface area contributed by atoms with Gasteiger partial charge in [0, 0.05) is 29.9 Å². The fourth-order valence-corrected chi connectivity index (χ4v) is 4.10. The number of anilines is 2. The summed E-state index contributed by atoms with van der Waals surface area (Å²) in [6.45, 7) is 3.87. The second-order valence-electron chi connectivity index (χ2n) is 8.27. The lowest BCUT2D eigenvalue weighted by Gasteiger charge is -2.15. The third kappa shape index (κ3) is 4.08. The highest BCUT2D eigenvalue weighted by atomic mass is 16.5. The molecule has 5 aromatic rings. The minimum atomic E-state index is 0.194. The minimum Gasteiger partial charge on any atom is -0.489 e. The van der Waals surface area contributed by atoms with Gasteiger partial charge >= 0.3 is 0 Å². The van der Waals surface area contributed by atoms with Gasteiger partial charge in [-0.15, -0.1) is 0 Å². The summed E-state index contributed by atoms with van der Waals surface area (Å²) in [5, 5.41) is 11.8. The lowest BCUT2D eigenvalue weighted by Crippen LogP contribution is -2.19. The maximum absolute atomic E-state index is 6.13. The van der Waals surface area contributed by atoms with Gasteiger partial charge in [0.2, 0.25) is 0 Å². The van der Waals surface area contributed by atoms with Crippen molar-refractivity contribution < 1.29 is 9.47 Å². The van der Waals surface area contributed by atoms with Crippen molar-refractivity contribution in [2.45, 2.75) is 19.4 Å². The van der Waals surface area contributed by atoms with Crippen LogP contribution in [0.4, 0.5) is 11.5 Å². The van der Waals surface area contributed by atoms with Gasteiger partial charge in [0.15, 0.2) is 5.65 Å². The van der Waals surface area contributed by atoms with Gasteiger partial charge in [0.05, 0.1) is 5.52 Å². The number of hydrogen-bond acceptors (Lipinski definition) is 8. The Hall–Kier alpha value is -4.24. The Morgan fingerprint density at radius 3 is 2.85 bits per heavy atom. The number of rotatable bonds is 6. The molecule has 34 heavy (non-hydrogen) atoms. The third-order valence-electron chi connectivity index (χ3n) is 5.84. The van der Waals surface area contributed by atoms with E-state index in [0.29, 0.717) is 5.75 Å². The summed E-state index contributed by atoms with van der Waals surface area (Å²) >= 11 is 0. The van der Waals surface area contributed by atoms with Crippen LogP contribution in [-0.4, -0.2) is 43.8 Å². The molecule has 0 bridgehead atoms. The molecule has 6 rings (SSSR count). The zero-order valence-corrected chi connectivity index (χ0v) is 18.6. The van der Waals surface area contributed by atoms with Crippen LogP contribution in [0.2, 0.25) is 0 Å². The lowest BCUT2D eigenvalue weighted by molar-refractivity contribution is 0.223. The molecule has 0 aliphatic carbocycles. The molecule has 0 spiro atoms. The van der Waals surface area contributed by atoms with Crippen molar-refractivity contribution in [2.24, 2.45) is 0 Å². The SMILES string of the molecule is Cc1cc(Nc2ncnc3ccc(OC4CCNC4)cc23)ccc1Oc1ccn2ncnc2c1. The molecule has 9 heteroatoms. The maximum atomic E-state index is 6.13. The van der Waals surface area contributed by atoms with Crippen molar-refractivity contribution in [1.82, 2.24) is 29.9 Å². The number of nitrogens with zero attached hydrogens (tertiary/aromatic N) is 5. The van der Waals surface area contributed by atoms with Gasteiger partial charge < -0.3 is 20.1 Å². The predicted molar refractivity (Wildman–Crippen MR) is 129 cm³/mol. The molecule has 1 aliphatic heterocycles. The van der Waals surface area contributed by atoms with E-state index in [1.807, 2.05) is 61.7 Å². The average molecular weight is 454 g/mol. The Morgan fingerprint density at radius 2 is 1.97 bits per heavy atom. The quantitative estimate of drug-likeness (QED) is 0.394. The number of pyridine rings is 1. The van der Waals surface area contributed by atoms with Crippen LogP contribution < -0.4 is 20.1 Å². The van der Waals surface area contributed by atoms with Crippen molar-refractivity contribution >= 4 is 28.1 Å². The number of benzene rings is 2. The van der Waals surface area contributed by atoms with E-state index in [1.165, 1.54) is 6.33 Å². The normalized spacial score (nSPS) is 15.6. The molecule has 0 radical (unpaired) electrons. The van der Waals surface area contributed by atoms with Gasteiger partial charge in [-0.1, -0.05) is 0 Å².